The molecule has 4 amide bonds. The Morgan fingerprint density at radius 1 is 0.727 bits per heavy atom. The van der Waals surface area contributed by atoms with Crippen LogP contribution in [0.5, 0.6) is 0 Å². The maximum atomic E-state index is 10.9. The van der Waals surface area contributed by atoms with E-state index in [2.05, 4.69) is 20.9 Å². The van der Waals surface area contributed by atoms with Gasteiger partial charge < -0.3 is 22.1 Å². The van der Waals surface area contributed by atoms with Crippen LogP contribution in [0.3, 0.4) is 0 Å². The van der Waals surface area contributed by atoms with Crippen molar-refractivity contribution in [2.24, 2.45) is 21.7 Å². The zero-order valence-corrected chi connectivity index (χ0v) is 11.5. The van der Waals surface area contributed by atoms with Crippen LogP contribution in [0.25, 0.3) is 0 Å². The molecule has 22 heavy (non-hydrogen) atoms. The Balaban J connectivity index is 2.29. The second-order valence-electron chi connectivity index (χ2n) is 4.21. The largest absolute Gasteiger partial charge is 0.351 e. The molecular weight excluding hydrogens is 284 g/mol. The standard InChI is InChI=1S/C14H14N6O2/c15-13(21)17-9-5-1-3-7-11(9)19-20-12-8-4-2-6-10(12)18-14(16)22/h1-8H,(H3,15,17,21)(H3,16,18,22)/b20-19+. The van der Waals surface area contributed by atoms with Crippen molar-refractivity contribution in [1.29, 1.82) is 0 Å². The number of nitrogens with one attached hydrogen (secondary N) is 2. The first-order valence-corrected chi connectivity index (χ1v) is 6.29. The number of nitrogens with zero attached hydrogens (tertiary/aromatic N) is 2. The van der Waals surface area contributed by atoms with Crippen molar-refractivity contribution in [3.05, 3.63) is 48.5 Å². The SMILES string of the molecule is NC(=O)Nc1ccccc1/N=N/c1ccccc1NC(N)=O. The van der Waals surface area contributed by atoms with Gasteiger partial charge in [0.25, 0.3) is 0 Å². The number of hydrogen-bond acceptors (Lipinski definition) is 4. The highest BCUT2D eigenvalue weighted by atomic mass is 16.2. The number of anilines is 2. The Kier molecular flexibility index (Phi) is 4.66. The molecule has 2 aromatic rings. The van der Waals surface area contributed by atoms with Crippen LogP contribution >= 0.6 is 0 Å². The number of azo groups is 1. The summed E-state index contributed by atoms with van der Waals surface area (Å²) in [7, 11) is 0. The number of rotatable bonds is 4. The fraction of sp³-hybridized carbons (Fsp3) is 0. The number of benzene rings is 2. The highest BCUT2D eigenvalue weighted by molar-refractivity contribution is 5.92. The first-order chi connectivity index (χ1) is 10.6. The van der Waals surface area contributed by atoms with Crippen LogP contribution in [0.1, 0.15) is 0 Å². The number of hydrogen-bond donors (Lipinski definition) is 4. The molecule has 6 N–H and O–H groups in total. The average molecular weight is 298 g/mol. The number of nitrogens with two attached hydrogens (primary N) is 2. The lowest BCUT2D eigenvalue weighted by atomic mass is 10.2. The molecule has 0 aliphatic rings. The zero-order valence-electron chi connectivity index (χ0n) is 11.5. The van der Waals surface area contributed by atoms with Gasteiger partial charge in [-0.25, -0.2) is 9.59 Å². The van der Waals surface area contributed by atoms with E-state index in [-0.39, 0.29) is 0 Å². The monoisotopic (exact) mass is 298 g/mol. The van der Waals surface area contributed by atoms with Crippen molar-refractivity contribution in [2.45, 2.75) is 0 Å². The number of amides is 4. The number of primary amides is 2. The third-order valence-corrected chi connectivity index (χ3v) is 2.59. The summed E-state index contributed by atoms with van der Waals surface area (Å²) < 4.78 is 0. The van der Waals surface area contributed by atoms with Gasteiger partial charge in [-0.3, -0.25) is 0 Å². The molecule has 8 heteroatoms. The molecule has 0 radical (unpaired) electrons. The predicted octanol–water partition coefficient (Wildman–Crippen LogP) is 3.08. The third-order valence-electron chi connectivity index (χ3n) is 2.59. The predicted molar refractivity (Wildman–Crippen MR) is 83.5 cm³/mol. The quantitative estimate of drug-likeness (QED) is 0.645. The number of para-hydroxylation sites is 2. The van der Waals surface area contributed by atoms with Crippen LogP contribution in [0, 0.1) is 0 Å². The van der Waals surface area contributed by atoms with Gasteiger partial charge in [0, 0.05) is 0 Å². The van der Waals surface area contributed by atoms with Gasteiger partial charge in [-0.05, 0) is 24.3 Å². The normalized spacial score (nSPS) is 10.4. The fourth-order valence-corrected chi connectivity index (χ4v) is 1.71. The van der Waals surface area contributed by atoms with E-state index in [1.807, 2.05) is 0 Å². The summed E-state index contributed by atoms with van der Waals surface area (Å²) in [5, 5.41) is 13.0. The topological polar surface area (TPSA) is 135 Å². The van der Waals surface area contributed by atoms with Crippen LogP contribution in [0.2, 0.25) is 0 Å². The van der Waals surface area contributed by atoms with Crippen molar-refractivity contribution in [3.8, 4) is 0 Å². The molecule has 2 aromatic carbocycles. The molecule has 0 aromatic heterocycles. The van der Waals surface area contributed by atoms with Gasteiger partial charge in [0.15, 0.2) is 0 Å². The van der Waals surface area contributed by atoms with Crippen LogP contribution in [0.4, 0.5) is 32.3 Å². The van der Waals surface area contributed by atoms with E-state index in [4.69, 9.17) is 11.5 Å². The molecule has 0 saturated heterocycles. The Morgan fingerprint density at radius 2 is 1.09 bits per heavy atom. The molecule has 0 unspecified atom stereocenters. The Hall–Kier alpha value is -3.42. The summed E-state index contributed by atoms with van der Waals surface area (Å²) in [4.78, 5) is 21.9. The second-order valence-corrected chi connectivity index (χ2v) is 4.21. The van der Waals surface area contributed by atoms with Crippen molar-refractivity contribution in [3.63, 3.8) is 0 Å². The van der Waals surface area contributed by atoms with Crippen LogP contribution < -0.4 is 22.1 Å². The van der Waals surface area contributed by atoms with Gasteiger partial charge in [0.05, 0.1) is 11.4 Å². The molecule has 0 bridgehead atoms. The van der Waals surface area contributed by atoms with Crippen molar-refractivity contribution >= 4 is 34.8 Å². The van der Waals surface area contributed by atoms with E-state index in [0.29, 0.717) is 22.7 Å². The maximum absolute atomic E-state index is 10.9. The summed E-state index contributed by atoms with van der Waals surface area (Å²) >= 11 is 0. The molecule has 0 saturated carbocycles. The minimum absolute atomic E-state index is 0.426. The molecular formula is C14H14N6O2. The lowest BCUT2D eigenvalue weighted by molar-refractivity contribution is 0.258. The van der Waals surface area contributed by atoms with E-state index in [1.54, 1.807) is 48.5 Å². The lowest BCUT2D eigenvalue weighted by Gasteiger charge is -2.06. The van der Waals surface area contributed by atoms with E-state index in [1.165, 1.54) is 0 Å². The van der Waals surface area contributed by atoms with Crippen molar-refractivity contribution < 1.29 is 9.59 Å². The number of carbonyl (C=O) groups is 2. The molecule has 0 fully saturated rings. The minimum atomic E-state index is -0.696. The van der Waals surface area contributed by atoms with Crippen molar-refractivity contribution in [1.82, 2.24) is 0 Å². The van der Waals surface area contributed by atoms with Crippen LogP contribution in [0.15, 0.2) is 58.8 Å². The summed E-state index contributed by atoms with van der Waals surface area (Å²) in [6.45, 7) is 0. The van der Waals surface area contributed by atoms with Crippen LogP contribution in [-0.4, -0.2) is 12.1 Å². The first kappa shape index (κ1) is 15.0. The van der Waals surface area contributed by atoms with Gasteiger partial charge in [-0.1, -0.05) is 24.3 Å². The smallest absolute Gasteiger partial charge is 0.316 e. The second kappa shape index (κ2) is 6.84. The van der Waals surface area contributed by atoms with E-state index in [9.17, 15) is 9.59 Å². The van der Waals surface area contributed by atoms with E-state index < -0.39 is 12.1 Å². The minimum Gasteiger partial charge on any atom is -0.351 e. The average Bonchev–Trinajstić information content (AvgIpc) is 2.46. The third kappa shape index (κ3) is 4.04. The highest BCUT2D eigenvalue weighted by Crippen LogP contribution is 2.29. The highest BCUT2D eigenvalue weighted by Gasteiger charge is 2.05. The zero-order chi connectivity index (χ0) is 15.9. The first-order valence-electron chi connectivity index (χ1n) is 6.29. The summed E-state index contributed by atoms with van der Waals surface area (Å²) in [6, 6.07) is 12.2. The van der Waals surface area contributed by atoms with E-state index >= 15 is 0 Å². The Morgan fingerprint density at radius 3 is 1.45 bits per heavy atom. The van der Waals surface area contributed by atoms with Gasteiger partial charge in [0.1, 0.15) is 11.4 Å². The van der Waals surface area contributed by atoms with Gasteiger partial charge in [-0.2, -0.15) is 0 Å². The Bertz CT molecular complexity index is 667. The Labute approximate surface area is 126 Å². The molecule has 0 aliphatic carbocycles. The molecule has 112 valence electrons. The molecule has 0 heterocycles. The fourth-order valence-electron chi connectivity index (χ4n) is 1.71. The van der Waals surface area contributed by atoms with Crippen LogP contribution in [-0.2, 0) is 0 Å². The lowest BCUT2D eigenvalue weighted by Crippen LogP contribution is -2.19. The van der Waals surface area contributed by atoms with Gasteiger partial charge in [0.2, 0.25) is 0 Å². The van der Waals surface area contributed by atoms with Gasteiger partial charge >= 0.3 is 12.1 Å². The molecule has 8 nitrogen and oxygen atoms in total. The van der Waals surface area contributed by atoms with E-state index in [0.717, 1.165) is 0 Å². The molecule has 0 atom stereocenters. The number of urea groups is 2. The molecule has 0 aliphatic heterocycles. The number of carbonyl (C=O) groups excluding carboxylic acids is 2. The molecule has 0 spiro atoms. The summed E-state index contributed by atoms with van der Waals surface area (Å²) in [6.07, 6.45) is 0. The maximum Gasteiger partial charge on any atom is 0.316 e. The summed E-state index contributed by atoms with van der Waals surface area (Å²) in [5.74, 6) is 0. The summed E-state index contributed by atoms with van der Waals surface area (Å²) in [5.41, 5.74) is 11.9. The molecule has 2 rings (SSSR count). The van der Waals surface area contributed by atoms with Crippen molar-refractivity contribution in [2.75, 3.05) is 10.6 Å². The van der Waals surface area contributed by atoms with Gasteiger partial charge in [-0.15, -0.1) is 10.2 Å².